The summed E-state index contributed by atoms with van der Waals surface area (Å²) in [5.41, 5.74) is 0.362. The number of rotatable bonds is 6. The molecule has 0 spiro atoms. The van der Waals surface area contributed by atoms with Gasteiger partial charge in [-0.15, -0.1) is 11.3 Å². The molecule has 2 aromatic carbocycles. The first-order valence-corrected chi connectivity index (χ1v) is 11.8. The summed E-state index contributed by atoms with van der Waals surface area (Å²) in [5, 5.41) is 0.350. The zero-order valence-corrected chi connectivity index (χ0v) is 18.2. The lowest BCUT2D eigenvalue weighted by Crippen LogP contribution is -2.20. The van der Waals surface area contributed by atoms with Gasteiger partial charge in [0.15, 0.2) is 15.6 Å². The molecule has 0 atom stereocenters. The van der Waals surface area contributed by atoms with Gasteiger partial charge in [0.1, 0.15) is 22.1 Å². The van der Waals surface area contributed by atoms with E-state index in [1.54, 1.807) is 24.3 Å². The number of aromatic nitrogens is 2. The molecule has 0 aliphatic heterocycles. The van der Waals surface area contributed by atoms with Gasteiger partial charge in [0.25, 0.3) is 5.56 Å². The molecule has 0 bridgehead atoms. The summed E-state index contributed by atoms with van der Waals surface area (Å²) in [4.78, 5) is 29.1. The Balaban J connectivity index is 1.56. The van der Waals surface area contributed by atoms with E-state index >= 15 is 0 Å². The molecule has 0 fully saturated rings. The quantitative estimate of drug-likeness (QED) is 0.422. The van der Waals surface area contributed by atoms with E-state index in [0.29, 0.717) is 20.8 Å². The van der Waals surface area contributed by atoms with Crippen molar-refractivity contribution in [3.05, 3.63) is 87.0 Å². The first-order valence-electron chi connectivity index (χ1n) is 8.99. The van der Waals surface area contributed by atoms with Crippen LogP contribution in [0.2, 0.25) is 4.34 Å². The van der Waals surface area contributed by atoms with Gasteiger partial charge in [-0.05, 0) is 42.0 Å². The van der Waals surface area contributed by atoms with Crippen molar-refractivity contribution in [3.63, 3.8) is 0 Å². The van der Waals surface area contributed by atoms with E-state index in [1.165, 1.54) is 30.6 Å². The number of hydrogen-bond donors (Lipinski definition) is 0. The summed E-state index contributed by atoms with van der Waals surface area (Å²) in [7, 11) is -3.81. The lowest BCUT2D eigenvalue weighted by molar-refractivity contribution is -0.116. The maximum absolute atomic E-state index is 14.7. The van der Waals surface area contributed by atoms with Crippen LogP contribution in [0.1, 0.15) is 5.56 Å². The number of nitrogens with zero attached hydrogens (tertiary/aromatic N) is 2. The largest absolute Gasteiger partial charge is 0.298 e. The van der Waals surface area contributed by atoms with Gasteiger partial charge in [0.05, 0.1) is 20.9 Å². The molecule has 0 aliphatic carbocycles. The maximum atomic E-state index is 14.7. The number of benzene rings is 2. The fraction of sp³-hybridized carbons (Fsp3) is 0.0952. The molecule has 6 nitrogen and oxygen atoms in total. The molecule has 0 N–H and O–H groups in total. The van der Waals surface area contributed by atoms with E-state index in [4.69, 9.17) is 11.6 Å². The van der Waals surface area contributed by atoms with Gasteiger partial charge in [-0.2, -0.15) is 0 Å². The monoisotopic (exact) mass is 476 g/mol. The number of halogens is 2. The summed E-state index contributed by atoms with van der Waals surface area (Å²) < 4.78 is 40.8. The summed E-state index contributed by atoms with van der Waals surface area (Å²) in [5.74, 6) is -2.01. The van der Waals surface area contributed by atoms with Gasteiger partial charge in [-0.1, -0.05) is 29.8 Å². The van der Waals surface area contributed by atoms with Gasteiger partial charge in [0.2, 0.25) is 0 Å². The van der Waals surface area contributed by atoms with Crippen LogP contribution in [0, 0.1) is 5.82 Å². The molecular weight excluding hydrogens is 463 g/mol. The molecule has 4 aromatic rings. The van der Waals surface area contributed by atoms with E-state index < -0.39 is 32.7 Å². The van der Waals surface area contributed by atoms with E-state index in [1.807, 2.05) is 0 Å². The normalized spacial score (nSPS) is 11.7. The van der Waals surface area contributed by atoms with Crippen LogP contribution in [-0.2, 0) is 21.1 Å². The SMILES string of the molecule is O=C(Cc1ccc(-n2cnc3ccccc3c2=O)c(F)c1)CS(=O)(=O)c1ccc(Cl)s1. The summed E-state index contributed by atoms with van der Waals surface area (Å²) >= 11 is 6.63. The van der Waals surface area contributed by atoms with Crippen molar-refractivity contribution in [3.8, 4) is 5.69 Å². The van der Waals surface area contributed by atoms with Crippen LogP contribution in [0.15, 0.2) is 69.9 Å². The number of carbonyl (C=O) groups is 1. The van der Waals surface area contributed by atoms with E-state index in [2.05, 4.69) is 4.98 Å². The number of Topliss-reactive ketones (excluding diaryl/α,β-unsaturated/α-hetero) is 1. The predicted octanol–water partition coefficient (Wildman–Crippen LogP) is 3.83. The average molecular weight is 477 g/mol. The molecule has 0 amide bonds. The van der Waals surface area contributed by atoms with Crippen molar-refractivity contribution in [1.82, 2.24) is 9.55 Å². The average Bonchev–Trinajstić information content (AvgIpc) is 3.16. The number of fused-ring (bicyclic) bond motifs is 1. The third-order valence-electron chi connectivity index (χ3n) is 4.54. The second-order valence-corrected chi connectivity index (χ2v) is 10.7. The van der Waals surface area contributed by atoms with Crippen molar-refractivity contribution in [2.45, 2.75) is 10.6 Å². The Morgan fingerprint density at radius 3 is 2.61 bits per heavy atom. The molecule has 4 rings (SSSR count). The van der Waals surface area contributed by atoms with Crippen LogP contribution < -0.4 is 5.56 Å². The lowest BCUT2D eigenvalue weighted by Gasteiger charge is -2.09. The third kappa shape index (κ3) is 4.43. The fourth-order valence-electron chi connectivity index (χ4n) is 3.12. The first-order chi connectivity index (χ1) is 14.7. The molecule has 2 heterocycles. The highest BCUT2D eigenvalue weighted by atomic mass is 35.5. The molecule has 0 radical (unpaired) electrons. The number of ketones is 1. The minimum atomic E-state index is -3.81. The predicted molar refractivity (Wildman–Crippen MR) is 117 cm³/mol. The Hall–Kier alpha value is -2.88. The second kappa shape index (κ2) is 8.33. The number of carbonyl (C=O) groups excluding carboxylic acids is 1. The molecule has 0 aliphatic rings. The molecule has 0 saturated heterocycles. The molecule has 2 aromatic heterocycles. The highest BCUT2D eigenvalue weighted by Crippen LogP contribution is 2.26. The molecule has 0 saturated carbocycles. The molecule has 158 valence electrons. The minimum Gasteiger partial charge on any atom is -0.298 e. The van der Waals surface area contributed by atoms with Crippen LogP contribution in [0.4, 0.5) is 4.39 Å². The van der Waals surface area contributed by atoms with Crippen LogP contribution in [0.25, 0.3) is 16.6 Å². The molecular formula is C21H14ClFN2O4S2. The maximum Gasteiger partial charge on any atom is 0.265 e. The van der Waals surface area contributed by atoms with Crippen molar-refractivity contribution in [1.29, 1.82) is 0 Å². The summed E-state index contributed by atoms with van der Waals surface area (Å²) in [6, 6.07) is 13.5. The Morgan fingerprint density at radius 2 is 1.90 bits per heavy atom. The summed E-state index contributed by atoms with van der Waals surface area (Å²) in [6.07, 6.45) is 0.979. The number of sulfone groups is 1. The Kier molecular flexibility index (Phi) is 5.74. The number of para-hydroxylation sites is 1. The lowest BCUT2D eigenvalue weighted by atomic mass is 10.1. The molecule has 0 unspecified atom stereocenters. The van der Waals surface area contributed by atoms with Gasteiger partial charge in [0, 0.05) is 6.42 Å². The topological polar surface area (TPSA) is 86.1 Å². The standard InChI is InChI=1S/C21H14ClFN2O4S2/c22-19-7-8-20(30-19)31(28,29)11-14(26)9-13-5-6-18(16(23)10-13)25-12-24-17-4-2-1-3-15(17)21(25)27/h1-8,10,12H,9,11H2. The first kappa shape index (κ1) is 21.4. The van der Waals surface area contributed by atoms with Crippen LogP contribution in [-0.4, -0.2) is 29.5 Å². The number of hydrogen-bond acceptors (Lipinski definition) is 6. The van der Waals surface area contributed by atoms with Gasteiger partial charge >= 0.3 is 0 Å². The van der Waals surface area contributed by atoms with Gasteiger partial charge < -0.3 is 0 Å². The third-order valence-corrected chi connectivity index (χ3v) is 8.03. The Morgan fingerprint density at radius 1 is 1.13 bits per heavy atom. The zero-order chi connectivity index (χ0) is 22.2. The van der Waals surface area contributed by atoms with Gasteiger partial charge in [-0.25, -0.2) is 17.8 Å². The number of thiophene rings is 1. The van der Waals surface area contributed by atoms with Gasteiger partial charge in [-0.3, -0.25) is 14.2 Å². The second-order valence-electron chi connectivity index (χ2n) is 6.76. The van der Waals surface area contributed by atoms with Crippen molar-refractivity contribution >= 4 is 49.5 Å². The van der Waals surface area contributed by atoms with Crippen molar-refractivity contribution < 1.29 is 17.6 Å². The highest BCUT2D eigenvalue weighted by molar-refractivity contribution is 7.94. The van der Waals surface area contributed by atoms with Crippen LogP contribution in [0.5, 0.6) is 0 Å². The summed E-state index contributed by atoms with van der Waals surface area (Å²) in [6.45, 7) is 0. The Labute approximate surface area is 185 Å². The van der Waals surface area contributed by atoms with E-state index in [-0.39, 0.29) is 16.3 Å². The molecule has 10 heteroatoms. The van der Waals surface area contributed by atoms with Crippen LogP contribution >= 0.6 is 22.9 Å². The van der Waals surface area contributed by atoms with Crippen molar-refractivity contribution in [2.75, 3.05) is 5.75 Å². The highest BCUT2D eigenvalue weighted by Gasteiger charge is 2.22. The van der Waals surface area contributed by atoms with E-state index in [9.17, 15) is 22.4 Å². The smallest absolute Gasteiger partial charge is 0.265 e. The molecule has 31 heavy (non-hydrogen) atoms. The Bertz CT molecular complexity index is 1480. The van der Waals surface area contributed by atoms with E-state index in [0.717, 1.165) is 22.0 Å². The van der Waals surface area contributed by atoms with Crippen molar-refractivity contribution in [2.24, 2.45) is 0 Å². The fourth-order valence-corrected chi connectivity index (χ4v) is 5.93. The zero-order valence-electron chi connectivity index (χ0n) is 15.8. The minimum absolute atomic E-state index is 0.00978. The van der Waals surface area contributed by atoms with Crippen LogP contribution in [0.3, 0.4) is 0 Å².